The number of aryl methyl sites for hydroxylation is 1. The number of aromatic nitrogens is 5. The largest absolute Gasteiger partial charge is 0.393 e. The number of anilines is 2. The lowest BCUT2D eigenvalue weighted by molar-refractivity contribution is 0.101. The van der Waals surface area contributed by atoms with Gasteiger partial charge in [-0.3, -0.25) is 19.3 Å². The van der Waals surface area contributed by atoms with Crippen molar-refractivity contribution in [2.45, 2.75) is 44.8 Å². The second-order valence-corrected chi connectivity index (χ2v) is 7.02. The van der Waals surface area contributed by atoms with Crippen LogP contribution in [0.4, 0.5) is 11.8 Å². The van der Waals surface area contributed by atoms with Crippen LogP contribution in [0.15, 0.2) is 23.1 Å². The molecule has 1 aliphatic carbocycles. The third-order valence-electron chi connectivity index (χ3n) is 5.12. The van der Waals surface area contributed by atoms with Gasteiger partial charge in [-0.2, -0.15) is 10.1 Å². The molecule has 0 atom stereocenters. The first kappa shape index (κ1) is 18.1. The fourth-order valence-electron chi connectivity index (χ4n) is 3.71. The van der Waals surface area contributed by atoms with Crippen molar-refractivity contribution in [3.63, 3.8) is 0 Å². The van der Waals surface area contributed by atoms with Gasteiger partial charge in [0.15, 0.2) is 0 Å². The summed E-state index contributed by atoms with van der Waals surface area (Å²) >= 11 is 0. The van der Waals surface area contributed by atoms with Crippen molar-refractivity contribution in [1.82, 2.24) is 24.7 Å². The molecular weight excluding hydrogens is 362 g/mol. The minimum Gasteiger partial charge on any atom is -0.393 e. The number of amides is 1. The van der Waals surface area contributed by atoms with Crippen LogP contribution in [-0.2, 0) is 0 Å². The molecule has 1 saturated carbocycles. The van der Waals surface area contributed by atoms with Crippen molar-refractivity contribution in [1.29, 1.82) is 0 Å². The summed E-state index contributed by atoms with van der Waals surface area (Å²) in [6.07, 6.45) is 3.54. The van der Waals surface area contributed by atoms with Gasteiger partial charge in [0, 0.05) is 17.5 Å². The average molecular weight is 383 g/mol. The average Bonchev–Trinajstić information content (AvgIpc) is 3.15. The normalized spacial score (nSPS) is 19.6. The fourth-order valence-corrected chi connectivity index (χ4v) is 3.71. The highest BCUT2D eigenvalue weighted by Gasteiger charge is 2.27. The Bertz CT molecular complexity index is 1080. The lowest BCUT2D eigenvalue weighted by atomic mass is 9.92. The van der Waals surface area contributed by atoms with Crippen LogP contribution in [0.5, 0.6) is 0 Å². The first-order valence-corrected chi connectivity index (χ1v) is 9.12. The van der Waals surface area contributed by atoms with Crippen LogP contribution in [0, 0.1) is 6.92 Å². The van der Waals surface area contributed by atoms with E-state index >= 15 is 0 Å². The minimum absolute atomic E-state index is 0.00954. The third-order valence-corrected chi connectivity index (χ3v) is 5.12. The van der Waals surface area contributed by atoms with Gasteiger partial charge in [-0.1, -0.05) is 0 Å². The van der Waals surface area contributed by atoms with Crippen molar-refractivity contribution >= 4 is 28.7 Å². The molecule has 0 spiro atoms. The predicted octanol–water partition coefficient (Wildman–Crippen LogP) is 1.13. The van der Waals surface area contributed by atoms with E-state index < -0.39 is 11.5 Å². The summed E-state index contributed by atoms with van der Waals surface area (Å²) in [6, 6.07) is 2.92. The topological polar surface area (TPSA) is 152 Å². The minimum atomic E-state index is -0.544. The van der Waals surface area contributed by atoms with Gasteiger partial charge in [-0.15, -0.1) is 0 Å². The van der Waals surface area contributed by atoms with E-state index in [9.17, 15) is 14.7 Å². The number of rotatable bonds is 3. The number of carbonyl (C=O) groups is 1. The molecule has 0 aliphatic heterocycles. The first-order chi connectivity index (χ1) is 13.4. The molecule has 3 aromatic heterocycles. The Kier molecular flexibility index (Phi) is 4.55. The van der Waals surface area contributed by atoms with Gasteiger partial charge in [-0.25, -0.2) is 4.98 Å². The molecule has 146 valence electrons. The molecule has 1 fully saturated rings. The lowest BCUT2D eigenvalue weighted by Gasteiger charge is -2.28. The summed E-state index contributed by atoms with van der Waals surface area (Å²) in [5, 5.41) is 19.5. The standard InChI is InChI=1S/C18H21N7O3/c1-9-12-8-13(16(27)22-14-6-7-20-24-14)17(28)25(15(12)23-18(19)21-9)10-2-4-11(26)5-3-10/h6-8,10-11,26H,2-5H2,1H3,(H2,19,21,23)(H2,20,22,24,27). The van der Waals surface area contributed by atoms with Crippen molar-refractivity contribution in [2.75, 3.05) is 11.1 Å². The molecule has 0 radical (unpaired) electrons. The SMILES string of the molecule is Cc1nc(N)nc2c1cc(C(=O)Nc1ccn[nH]1)c(=O)n2C1CCC(O)CC1. The zero-order valence-electron chi connectivity index (χ0n) is 15.3. The Morgan fingerprint density at radius 2 is 2.07 bits per heavy atom. The molecule has 0 unspecified atom stereocenters. The number of aliphatic hydroxyl groups excluding tert-OH is 1. The van der Waals surface area contributed by atoms with Crippen LogP contribution in [0.3, 0.4) is 0 Å². The molecule has 3 aromatic rings. The third kappa shape index (κ3) is 3.22. The van der Waals surface area contributed by atoms with E-state index in [1.807, 2.05) is 0 Å². The number of nitrogen functional groups attached to an aromatic ring is 1. The highest BCUT2D eigenvalue weighted by Crippen LogP contribution is 2.30. The van der Waals surface area contributed by atoms with E-state index in [0.717, 1.165) is 0 Å². The lowest BCUT2D eigenvalue weighted by Crippen LogP contribution is -2.34. The number of nitrogens with two attached hydrogens (primary N) is 1. The quantitative estimate of drug-likeness (QED) is 0.529. The summed E-state index contributed by atoms with van der Waals surface area (Å²) in [7, 11) is 0. The molecule has 0 aromatic carbocycles. The summed E-state index contributed by atoms with van der Waals surface area (Å²) in [6.45, 7) is 1.76. The number of hydrogen-bond donors (Lipinski definition) is 4. The number of fused-ring (bicyclic) bond motifs is 1. The Morgan fingerprint density at radius 3 is 2.75 bits per heavy atom. The van der Waals surface area contributed by atoms with Crippen LogP contribution < -0.4 is 16.6 Å². The molecule has 10 nitrogen and oxygen atoms in total. The monoisotopic (exact) mass is 383 g/mol. The molecular formula is C18H21N7O3. The second-order valence-electron chi connectivity index (χ2n) is 7.02. The summed E-state index contributed by atoms with van der Waals surface area (Å²) < 4.78 is 1.54. The van der Waals surface area contributed by atoms with Crippen molar-refractivity contribution < 1.29 is 9.90 Å². The van der Waals surface area contributed by atoms with E-state index in [0.29, 0.717) is 48.2 Å². The first-order valence-electron chi connectivity index (χ1n) is 9.12. The van der Waals surface area contributed by atoms with Crippen LogP contribution in [-0.4, -0.2) is 41.9 Å². The number of nitrogens with zero attached hydrogens (tertiary/aromatic N) is 4. The number of carbonyl (C=O) groups excluding carboxylic acids is 1. The fraction of sp³-hybridized carbons (Fsp3) is 0.389. The summed E-state index contributed by atoms with van der Waals surface area (Å²) in [5.74, 6) is -0.0808. The van der Waals surface area contributed by atoms with E-state index in [4.69, 9.17) is 5.73 Å². The highest BCUT2D eigenvalue weighted by molar-refractivity contribution is 6.05. The molecule has 10 heteroatoms. The summed E-state index contributed by atoms with van der Waals surface area (Å²) in [5.41, 5.74) is 6.36. The number of pyridine rings is 1. The van der Waals surface area contributed by atoms with Gasteiger partial charge in [-0.05, 0) is 38.7 Å². The Hall–Kier alpha value is -3.27. The van der Waals surface area contributed by atoms with Gasteiger partial charge >= 0.3 is 0 Å². The smallest absolute Gasteiger partial charge is 0.265 e. The number of aliphatic hydroxyl groups is 1. The molecule has 1 amide bonds. The van der Waals surface area contributed by atoms with Gasteiger partial charge in [0.2, 0.25) is 5.95 Å². The van der Waals surface area contributed by atoms with Crippen LogP contribution in [0.25, 0.3) is 11.0 Å². The summed E-state index contributed by atoms with van der Waals surface area (Å²) in [4.78, 5) is 34.5. The number of nitrogens with one attached hydrogen (secondary N) is 2. The molecule has 3 heterocycles. The number of hydrogen-bond acceptors (Lipinski definition) is 7. The van der Waals surface area contributed by atoms with Crippen LogP contribution in [0.2, 0.25) is 0 Å². The van der Waals surface area contributed by atoms with Crippen molar-refractivity contribution in [2.24, 2.45) is 0 Å². The van der Waals surface area contributed by atoms with Crippen molar-refractivity contribution in [3.8, 4) is 0 Å². The molecule has 0 saturated heterocycles. The molecule has 0 bridgehead atoms. The molecule has 4 rings (SSSR count). The molecule has 1 aliphatic rings. The van der Waals surface area contributed by atoms with E-state index in [2.05, 4.69) is 25.5 Å². The maximum absolute atomic E-state index is 13.3. The van der Waals surface area contributed by atoms with Crippen LogP contribution in [0.1, 0.15) is 47.8 Å². The Morgan fingerprint density at radius 1 is 1.32 bits per heavy atom. The maximum Gasteiger partial charge on any atom is 0.265 e. The van der Waals surface area contributed by atoms with Gasteiger partial charge in [0.05, 0.1) is 18.0 Å². The second kappa shape index (κ2) is 7.04. The van der Waals surface area contributed by atoms with Gasteiger partial charge in [0.25, 0.3) is 11.5 Å². The van der Waals surface area contributed by atoms with Gasteiger partial charge in [0.1, 0.15) is 17.0 Å². The predicted molar refractivity (Wildman–Crippen MR) is 103 cm³/mol. The Labute approximate surface area is 159 Å². The number of aromatic amines is 1. The molecule has 5 N–H and O–H groups in total. The highest BCUT2D eigenvalue weighted by atomic mass is 16.3. The van der Waals surface area contributed by atoms with E-state index in [1.54, 1.807) is 13.0 Å². The van der Waals surface area contributed by atoms with Gasteiger partial charge < -0.3 is 16.2 Å². The number of H-pyrrole nitrogens is 1. The van der Waals surface area contributed by atoms with E-state index in [1.165, 1.54) is 16.8 Å². The zero-order chi connectivity index (χ0) is 19.8. The Balaban J connectivity index is 1.88. The van der Waals surface area contributed by atoms with E-state index in [-0.39, 0.29) is 23.7 Å². The molecule has 28 heavy (non-hydrogen) atoms. The van der Waals surface area contributed by atoms with Crippen LogP contribution >= 0.6 is 0 Å². The zero-order valence-corrected chi connectivity index (χ0v) is 15.3. The van der Waals surface area contributed by atoms with Crippen molar-refractivity contribution in [3.05, 3.63) is 39.9 Å². The maximum atomic E-state index is 13.3.